The largest absolute Gasteiger partial charge is 3.00 e. The summed E-state index contributed by atoms with van der Waals surface area (Å²) in [5.74, 6) is 1.63. The van der Waals surface area contributed by atoms with Crippen LogP contribution < -0.4 is 0 Å². The normalized spacial score (nSPS) is 18.0. The summed E-state index contributed by atoms with van der Waals surface area (Å²) in [5, 5.41) is 0. The second kappa shape index (κ2) is 8.16. The standard InChI is InChI=1S/C6H12N.C2H5.Y/c1-3-7-4-6(2)5-7;1-2;/h3-5H2,1-2H3;1H2,2H3;/q2*-1;+3. The van der Waals surface area contributed by atoms with Crippen LogP contribution in [0.2, 0.25) is 0 Å². The molecular weight excluding hydrogens is 199 g/mol. The van der Waals surface area contributed by atoms with Crippen molar-refractivity contribution in [1.29, 1.82) is 0 Å². The Hall–Kier alpha value is 1.06. The van der Waals surface area contributed by atoms with Gasteiger partial charge < -0.3 is 11.8 Å². The van der Waals surface area contributed by atoms with Crippen LogP contribution in [0.1, 0.15) is 20.8 Å². The molecule has 0 aromatic carbocycles. The van der Waals surface area contributed by atoms with Crippen molar-refractivity contribution in [1.82, 2.24) is 4.90 Å². The SMILES string of the molecule is CCN1C[C-](C)C1.[CH2-]C.[Y+3]. The number of hydrogen-bond acceptors (Lipinski definition) is 1. The zero-order valence-electron chi connectivity index (χ0n) is 7.35. The second-order valence-corrected chi connectivity index (χ2v) is 2.26. The van der Waals surface area contributed by atoms with Crippen molar-refractivity contribution in [2.24, 2.45) is 0 Å². The third-order valence-corrected chi connectivity index (χ3v) is 1.43. The average Bonchev–Trinajstić information content (AvgIpc) is 1.86. The van der Waals surface area contributed by atoms with Gasteiger partial charge in [0, 0.05) is 0 Å². The van der Waals surface area contributed by atoms with Gasteiger partial charge in [0.05, 0.1) is 0 Å². The van der Waals surface area contributed by atoms with E-state index in [4.69, 9.17) is 0 Å². The fraction of sp³-hybridized carbons (Fsp3) is 0.750. The third kappa shape index (κ3) is 4.81. The summed E-state index contributed by atoms with van der Waals surface area (Å²) in [6.45, 7) is 13.1. The molecule has 0 N–H and O–H groups in total. The van der Waals surface area contributed by atoms with E-state index in [0.717, 1.165) is 0 Å². The molecule has 10 heavy (non-hydrogen) atoms. The summed E-state index contributed by atoms with van der Waals surface area (Å²) in [6.07, 6.45) is 0. The number of likely N-dealkylation sites (tertiary alicyclic amines) is 1. The monoisotopic (exact) mass is 216 g/mol. The predicted molar refractivity (Wildman–Crippen MR) is 42.1 cm³/mol. The van der Waals surface area contributed by atoms with E-state index in [9.17, 15) is 0 Å². The van der Waals surface area contributed by atoms with Gasteiger partial charge in [-0.1, -0.05) is 6.92 Å². The van der Waals surface area contributed by atoms with Crippen LogP contribution in [-0.2, 0) is 32.7 Å². The van der Waals surface area contributed by atoms with Gasteiger partial charge in [0.1, 0.15) is 0 Å². The summed E-state index contributed by atoms with van der Waals surface area (Å²) in [4.78, 5) is 2.41. The first kappa shape index (κ1) is 13.6. The Morgan fingerprint density at radius 3 is 1.90 bits per heavy atom. The maximum absolute atomic E-state index is 3.25. The Kier molecular flexibility index (Phi) is 11.1. The van der Waals surface area contributed by atoms with Crippen LogP contribution in [0.25, 0.3) is 0 Å². The van der Waals surface area contributed by atoms with Crippen molar-refractivity contribution < 1.29 is 32.7 Å². The Morgan fingerprint density at radius 2 is 1.80 bits per heavy atom. The van der Waals surface area contributed by atoms with Crippen LogP contribution >= 0.6 is 0 Å². The number of rotatable bonds is 1. The average molecular weight is 216 g/mol. The predicted octanol–water partition coefficient (Wildman–Crippen LogP) is 1.75. The summed E-state index contributed by atoms with van der Waals surface area (Å²) < 4.78 is 0. The fourth-order valence-corrected chi connectivity index (χ4v) is 0.941. The van der Waals surface area contributed by atoms with Gasteiger partial charge in [-0.25, -0.2) is 0 Å². The first-order valence-electron chi connectivity index (χ1n) is 3.57. The van der Waals surface area contributed by atoms with Crippen molar-refractivity contribution >= 4 is 0 Å². The molecule has 0 radical (unpaired) electrons. The summed E-state index contributed by atoms with van der Waals surface area (Å²) in [7, 11) is 0. The van der Waals surface area contributed by atoms with Gasteiger partial charge in [0.25, 0.3) is 0 Å². The molecule has 2 heteroatoms. The number of hydrogen-bond donors (Lipinski definition) is 0. The molecule has 1 saturated heterocycles. The molecule has 0 amide bonds. The van der Waals surface area contributed by atoms with E-state index < -0.39 is 0 Å². The Bertz CT molecular complexity index is 60.3. The van der Waals surface area contributed by atoms with Crippen molar-refractivity contribution in [3.05, 3.63) is 12.8 Å². The molecule has 1 aliphatic rings. The van der Waals surface area contributed by atoms with Crippen molar-refractivity contribution in [2.75, 3.05) is 19.6 Å². The van der Waals surface area contributed by atoms with E-state index in [1.165, 1.54) is 19.6 Å². The van der Waals surface area contributed by atoms with Gasteiger partial charge in [0.2, 0.25) is 0 Å². The smallest absolute Gasteiger partial charge is 0.362 e. The zero-order chi connectivity index (χ0) is 7.28. The van der Waals surface area contributed by atoms with Crippen molar-refractivity contribution in [3.8, 4) is 0 Å². The van der Waals surface area contributed by atoms with Crippen molar-refractivity contribution in [3.63, 3.8) is 0 Å². The van der Waals surface area contributed by atoms with Gasteiger partial charge in [-0.2, -0.15) is 13.8 Å². The minimum Gasteiger partial charge on any atom is -0.362 e. The topological polar surface area (TPSA) is 3.24 Å². The molecule has 1 rings (SSSR count). The maximum Gasteiger partial charge on any atom is 3.00 e. The molecule has 1 heterocycles. The Labute approximate surface area is 90.4 Å². The molecule has 56 valence electrons. The van der Waals surface area contributed by atoms with E-state index in [1.54, 1.807) is 12.8 Å². The van der Waals surface area contributed by atoms with Crippen LogP contribution in [0.4, 0.5) is 0 Å². The molecule has 0 aromatic heterocycles. The van der Waals surface area contributed by atoms with E-state index >= 15 is 0 Å². The van der Waals surface area contributed by atoms with Gasteiger partial charge in [-0.3, -0.25) is 5.92 Å². The molecule has 0 spiro atoms. The molecule has 0 unspecified atom stereocenters. The maximum atomic E-state index is 3.25. The minimum absolute atomic E-state index is 0. The molecule has 0 aliphatic carbocycles. The molecule has 1 fully saturated rings. The van der Waals surface area contributed by atoms with Crippen LogP contribution in [0.15, 0.2) is 0 Å². The summed E-state index contributed by atoms with van der Waals surface area (Å²) in [5.41, 5.74) is 0. The summed E-state index contributed by atoms with van der Waals surface area (Å²) in [6, 6.07) is 0. The van der Waals surface area contributed by atoms with Crippen LogP contribution in [0.5, 0.6) is 0 Å². The van der Waals surface area contributed by atoms with E-state index in [1.807, 2.05) is 0 Å². The van der Waals surface area contributed by atoms with Crippen LogP contribution in [0.3, 0.4) is 0 Å². The van der Waals surface area contributed by atoms with Gasteiger partial charge in [-0.05, 0) is 6.54 Å². The quantitative estimate of drug-likeness (QED) is 0.603. The van der Waals surface area contributed by atoms with Crippen molar-refractivity contribution in [2.45, 2.75) is 20.8 Å². The van der Waals surface area contributed by atoms with Gasteiger partial charge in [0.15, 0.2) is 0 Å². The molecule has 0 aromatic rings. The van der Waals surface area contributed by atoms with E-state index in [2.05, 4.69) is 25.7 Å². The molecule has 0 saturated carbocycles. The summed E-state index contributed by atoms with van der Waals surface area (Å²) >= 11 is 0. The minimum atomic E-state index is 0. The number of nitrogens with zero attached hydrogens (tertiary/aromatic N) is 1. The van der Waals surface area contributed by atoms with Crippen LogP contribution in [-0.4, -0.2) is 24.5 Å². The molecule has 1 aliphatic heterocycles. The first-order valence-corrected chi connectivity index (χ1v) is 3.57. The molecule has 1 nitrogen and oxygen atoms in total. The van der Waals surface area contributed by atoms with Gasteiger partial charge >= 0.3 is 32.7 Å². The Morgan fingerprint density at radius 1 is 1.40 bits per heavy atom. The molecular formula is C8H17NY+. The first-order chi connectivity index (χ1) is 4.33. The van der Waals surface area contributed by atoms with Gasteiger partial charge in [-0.15, -0.1) is 13.1 Å². The van der Waals surface area contributed by atoms with E-state index in [-0.39, 0.29) is 32.7 Å². The second-order valence-electron chi connectivity index (χ2n) is 2.26. The Balaban J connectivity index is 0. The van der Waals surface area contributed by atoms with E-state index in [0.29, 0.717) is 0 Å². The molecule has 0 bridgehead atoms. The third-order valence-electron chi connectivity index (χ3n) is 1.43. The molecule has 0 atom stereocenters. The zero-order valence-corrected chi connectivity index (χ0v) is 10.2. The fourth-order valence-electron chi connectivity index (χ4n) is 0.941. The van der Waals surface area contributed by atoms with Crippen LogP contribution in [0, 0.1) is 12.8 Å².